The first-order chi connectivity index (χ1) is 14.3. The minimum absolute atomic E-state index is 0.0649. The molecule has 1 N–H and O–H groups in total. The van der Waals surface area contributed by atoms with Gasteiger partial charge in [0.05, 0.1) is 12.5 Å². The standard InChI is InChI=1S/C23H31N3O2S/c1-2-28-23-21(10-6-12-25-23)17-26-14-7-11-20(16-26)22(27)24-13-15-29-18-19-8-4-3-5-9-19/h3-6,8-10,12,20H,2,7,11,13-18H2,1H3,(H,24,27). The van der Waals surface area contributed by atoms with Crippen LogP contribution in [-0.2, 0) is 17.1 Å². The van der Waals surface area contributed by atoms with Crippen LogP contribution in [0.2, 0.25) is 0 Å². The molecule has 1 aromatic carbocycles. The summed E-state index contributed by atoms with van der Waals surface area (Å²) in [5.74, 6) is 2.88. The normalized spacial score (nSPS) is 17.1. The van der Waals surface area contributed by atoms with Gasteiger partial charge in [-0.3, -0.25) is 9.69 Å². The Bertz CT molecular complexity index is 757. The Hall–Kier alpha value is -2.05. The smallest absolute Gasteiger partial charge is 0.224 e. The minimum atomic E-state index is 0.0649. The van der Waals surface area contributed by atoms with E-state index in [1.165, 1.54) is 5.56 Å². The lowest BCUT2D eigenvalue weighted by atomic mass is 9.96. The number of nitrogens with zero attached hydrogens (tertiary/aromatic N) is 2. The molecule has 0 bridgehead atoms. The third kappa shape index (κ3) is 7.05. The van der Waals surface area contributed by atoms with Crippen molar-refractivity contribution in [2.45, 2.75) is 32.1 Å². The number of carbonyl (C=O) groups excluding carboxylic acids is 1. The van der Waals surface area contributed by atoms with Gasteiger partial charge in [-0.15, -0.1) is 0 Å². The van der Waals surface area contributed by atoms with Crippen LogP contribution in [0.15, 0.2) is 48.7 Å². The molecular weight excluding hydrogens is 382 g/mol. The van der Waals surface area contributed by atoms with Crippen molar-refractivity contribution < 1.29 is 9.53 Å². The maximum atomic E-state index is 12.6. The van der Waals surface area contributed by atoms with Crippen LogP contribution in [0.25, 0.3) is 0 Å². The van der Waals surface area contributed by atoms with Gasteiger partial charge in [0.1, 0.15) is 0 Å². The molecule has 2 heterocycles. The number of rotatable bonds is 10. The summed E-state index contributed by atoms with van der Waals surface area (Å²) < 4.78 is 5.64. The molecule has 2 aromatic rings. The third-order valence-electron chi connectivity index (χ3n) is 5.06. The zero-order chi connectivity index (χ0) is 20.3. The number of piperidine rings is 1. The zero-order valence-corrected chi connectivity index (χ0v) is 18.0. The van der Waals surface area contributed by atoms with Crippen molar-refractivity contribution in [1.82, 2.24) is 15.2 Å². The summed E-state index contributed by atoms with van der Waals surface area (Å²) in [6, 6.07) is 14.5. The van der Waals surface area contributed by atoms with Gasteiger partial charge in [-0.2, -0.15) is 11.8 Å². The minimum Gasteiger partial charge on any atom is -0.478 e. The van der Waals surface area contributed by atoms with E-state index < -0.39 is 0 Å². The summed E-state index contributed by atoms with van der Waals surface area (Å²) in [6.45, 7) is 5.89. The molecule has 1 aliphatic heterocycles. The van der Waals surface area contributed by atoms with Crippen LogP contribution in [0.3, 0.4) is 0 Å². The van der Waals surface area contributed by atoms with E-state index in [2.05, 4.69) is 45.5 Å². The van der Waals surface area contributed by atoms with Gasteiger partial charge in [0.15, 0.2) is 0 Å². The van der Waals surface area contributed by atoms with Gasteiger partial charge >= 0.3 is 0 Å². The number of likely N-dealkylation sites (tertiary alicyclic amines) is 1. The summed E-state index contributed by atoms with van der Waals surface area (Å²) in [4.78, 5) is 19.3. The Morgan fingerprint density at radius 2 is 2.14 bits per heavy atom. The first-order valence-corrected chi connectivity index (χ1v) is 11.6. The quantitative estimate of drug-likeness (QED) is 0.602. The summed E-state index contributed by atoms with van der Waals surface area (Å²) >= 11 is 1.86. The Balaban J connectivity index is 1.40. The zero-order valence-electron chi connectivity index (χ0n) is 17.2. The van der Waals surface area contributed by atoms with Crippen LogP contribution in [-0.4, -0.2) is 47.8 Å². The monoisotopic (exact) mass is 413 g/mol. The first kappa shape index (κ1) is 21.7. The second-order valence-corrected chi connectivity index (χ2v) is 8.41. The van der Waals surface area contributed by atoms with Crippen LogP contribution in [0.5, 0.6) is 5.88 Å². The highest BCUT2D eigenvalue weighted by Crippen LogP contribution is 2.22. The summed E-state index contributed by atoms with van der Waals surface area (Å²) in [7, 11) is 0. The van der Waals surface area contributed by atoms with E-state index in [0.717, 1.165) is 56.1 Å². The SMILES string of the molecule is CCOc1ncccc1CN1CCCC(C(=O)NCCSCc2ccccc2)C1. The Labute approximate surface area is 178 Å². The molecule has 0 spiro atoms. The number of ether oxygens (including phenoxy) is 1. The molecule has 0 aliphatic carbocycles. The van der Waals surface area contributed by atoms with Gasteiger partial charge in [0.25, 0.3) is 0 Å². The maximum Gasteiger partial charge on any atom is 0.224 e. The lowest BCUT2D eigenvalue weighted by Gasteiger charge is -2.32. The fourth-order valence-electron chi connectivity index (χ4n) is 3.62. The molecule has 6 heteroatoms. The molecule has 1 fully saturated rings. The second kappa shape index (κ2) is 11.8. The van der Waals surface area contributed by atoms with Crippen molar-refractivity contribution in [3.8, 4) is 5.88 Å². The number of nitrogens with one attached hydrogen (secondary N) is 1. The highest BCUT2D eigenvalue weighted by Gasteiger charge is 2.26. The van der Waals surface area contributed by atoms with Gasteiger partial charge in [-0.25, -0.2) is 4.98 Å². The molecule has 156 valence electrons. The van der Waals surface area contributed by atoms with E-state index >= 15 is 0 Å². The van der Waals surface area contributed by atoms with E-state index in [1.807, 2.05) is 30.8 Å². The van der Waals surface area contributed by atoms with Crippen molar-refractivity contribution >= 4 is 17.7 Å². The third-order valence-corrected chi connectivity index (χ3v) is 6.09. The maximum absolute atomic E-state index is 12.6. The molecule has 1 atom stereocenters. The number of aromatic nitrogens is 1. The number of hydrogen-bond donors (Lipinski definition) is 1. The van der Waals surface area contributed by atoms with Gasteiger partial charge < -0.3 is 10.1 Å². The molecule has 1 aliphatic rings. The molecule has 29 heavy (non-hydrogen) atoms. The van der Waals surface area contributed by atoms with Crippen molar-refractivity contribution in [3.05, 3.63) is 59.8 Å². The van der Waals surface area contributed by atoms with Gasteiger partial charge in [-0.05, 0) is 37.9 Å². The predicted octanol–water partition coefficient (Wildman–Crippen LogP) is 3.74. The van der Waals surface area contributed by atoms with E-state index in [4.69, 9.17) is 4.74 Å². The fourth-order valence-corrected chi connectivity index (χ4v) is 4.44. The molecule has 1 aromatic heterocycles. The highest BCUT2D eigenvalue weighted by molar-refractivity contribution is 7.98. The van der Waals surface area contributed by atoms with E-state index in [-0.39, 0.29) is 11.8 Å². The predicted molar refractivity (Wildman–Crippen MR) is 119 cm³/mol. The number of amides is 1. The first-order valence-electron chi connectivity index (χ1n) is 10.4. The summed E-state index contributed by atoms with van der Waals surface area (Å²) in [5.41, 5.74) is 2.42. The molecule has 5 nitrogen and oxygen atoms in total. The summed E-state index contributed by atoms with van der Waals surface area (Å²) in [5, 5.41) is 3.13. The van der Waals surface area contributed by atoms with Crippen molar-refractivity contribution in [3.63, 3.8) is 0 Å². The number of pyridine rings is 1. The van der Waals surface area contributed by atoms with E-state index in [0.29, 0.717) is 12.5 Å². The highest BCUT2D eigenvalue weighted by atomic mass is 32.2. The Morgan fingerprint density at radius 1 is 1.28 bits per heavy atom. The van der Waals surface area contributed by atoms with Crippen molar-refractivity contribution in [2.75, 3.05) is 32.0 Å². The number of benzene rings is 1. The van der Waals surface area contributed by atoms with Crippen LogP contribution in [0, 0.1) is 5.92 Å². The fraction of sp³-hybridized carbons (Fsp3) is 0.478. The molecule has 0 saturated carbocycles. The molecule has 1 unspecified atom stereocenters. The van der Waals surface area contributed by atoms with Crippen LogP contribution < -0.4 is 10.1 Å². The molecule has 1 saturated heterocycles. The van der Waals surface area contributed by atoms with Gasteiger partial charge in [-0.1, -0.05) is 36.4 Å². The van der Waals surface area contributed by atoms with Crippen LogP contribution >= 0.6 is 11.8 Å². The lowest BCUT2D eigenvalue weighted by Crippen LogP contribution is -2.43. The van der Waals surface area contributed by atoms with Crippen LogP contribution in [0.4, 0.5) is 0 Å². The number of hydrogen-bond acceptors (Lipinski definition) is 5. The molecular formula is C23H31N3O2S. The number of thioether (sulfide) groups is 1. The molecule has 1 amide bonds. The Kier molecular flexibility index (Phi) is 8.83. The van der Waals surface area contributed by atoms with Gasteiger partial charge in [0.2, 0.25) is 11.8 Å². The van der Waals surface area contributed by atoms with E-state index in [9.17, 15) is 4.79 Å². The topological polar surface area (TPSA) is 54.5 Å². The largest absolute Gasteiger partial charge is 0.478 e. The van der Waals surface area contributed by atoms with Gasteiger partial charge in [0, 0.05) is 42.9 Å². The molecule has 3 rings (SSSR count). The Morgan fingerprint density at radius 3 is 2.97 bits per heavy atom. The second-order valence-electron chi connectivity index (χ2n) is 7.30. The van der Waals surface area contributed by atoms with Crippen LogP contribution in [0.1, 0.15) is 30.9 Å². The van der Waals surface area contributed by atoms with Crippen molar-refractivity contribution in [1.29, 1.82) is 0 Å². The molecule has 0 radical (unpaired) electrons. The number of carbonyl (C=O) groups is 1. The van der Waals surface area contributed by atoms with Crippen molar-refractivity contribution in [2.24, 2.45) is 5.92 Å². The van der Waals surface area contributed by atoms with E-state index in [1.54, 1.807) is 6.20 Å². The summed E-state index contributed by atoms with van der Waals surface area (Å²) in [6.07, 6.45) is 3.77. The average Bonchev–Trinajstić information content (AvgIpc) is 2.76. The lowest BCUT2D eigenvalue weighted by molar-refractivity contribution is -0.126. The average molecular weight is 414 g/mol.